The second kappa shape index (κ2) is 7.19. The molecular weight excluding hydrogens is 400 g/mol. The average Bonchev–Trinajstić information content (AvgIpc) is 2.80. The fraction of sp³-hybridized carbons (Fsp3) is 0.600. The molecule has 1 aliphatic rings. The summed E-state index contributed by atoms with van der Waals surface area (Å²) < 4.78 is 77.0. The van der Waals surface area contributed by atoms with Gasteiger partial charge in [-0.3, -0.25) is 0 Å². The molecule has 148 valence electrons. The second-order valence-electron chi connectivity index (χ2n) is 6.57. The van der Waals surface area contributed by atoms with Crippen LogP contribution in [0, 0.1) is 0 Å². The molecule has 0 bridgehead atoms. The largest absolute Gasteiger partial charge is 0.243 e. The predicted molar refractivity (Wildman–Crippen MR) is 98.5 cm³/mol. The monoisotopic (exact) mass is 424 g/mol. The molecule has 0 amide bonds. The van der Waals surface area contributed by atoms with Crippen LogP contribution in [0.4, 0.5) is 0 Å². The maximum absolute atomic E-state index is 12.5. The first kappa shape index (κ1) is 21.3. The summed E-state index contributed by atoms with van der Waals surface area (Å²) in [5.74, 6) is -0.319. The van der Waals surface area contributed by atoms with Gasteiger partial charge in [0.05, 0.1) is 21.3 Å². The van der Waals surface area contributed by atoms with Crippen molar-refractivity contribution in [1.29, 1.82) is 0 Å². The minimum Gasteiger partial charge on any atom is -0.229 e. The molecule has 1 atom stereocenters. The molecule has 0 spiro atoms. The van der Waals surface area contributed by atoms with Gasteiger partial charge in [0, 0.05) is 18.6 Å². The van der Waals surface area contributed by atoms with Crippen molar-refractivity contribution in [3.05, 3.63) is 24.3 Å². The Morgan fingerprint density at radius 3 is 1.96 bits per heavy atom. The molecule has 1 saturated heterocycles. The third-order valence-electron chi connectivity index (χ3n) is 4.36. The first-order chi connectivity index (χ1) is 11.9. The summed E-state index contributed by atoms with van der Waals surface area (Å²) in [6.45, 7) is 5.62. The number of hydrogen-bond acceptors (Lipinski definition) is 6. The Morgan fingerprint density at radius 2 is 1.54 bits per heavy atom. The van der Waals surface area contributed by atoms with Crippen LogP contribution >= 0.6 is 0 Å². The number of hydrogen-bond donors (Lipinski definition) is 1. The zero-order valence-electron chi connectivity index (χ0n) is 15.0. The van der Waals surface area contributed by atoms with Gasteiger partial charge in [0.15, 0.2) is 9.84 Å². The van der Waals surface area contributed by atoms with E-state index in [1.807, 2.05) is 0 Å². The Bertz CT molecular complexity index is 965. The van der Waals surface area contributed by atoms with Crippen LogP contribution < -0.4 is 4.72 Å². The highest BCUT2D eigenvalue weighted by molar-refractivity contribution is 7.92. The summed E-state index contributed by atoms with van der Waals surface area (Å²) >= 11 is 0. The number of nitrogens with zero attached hydrogens (tertiary/aromatic N) is 1. The SMILES string of the molecule is CCN(CC)S(=O)(=O)c1ccc(S(=O)(=O)NC2(C)CCS(=O)(=O)C2)cc1. The van der Waals surface area contributed by atoms with Gasteiger partial charge >= 0.3 is 0 Å². The molecule has 1 aliphatic heterocycles. The van der Waals surface area contributed by atoms with Crippen molar-refractivity contribution in [2.75, 3.05) is 24.6 Å². The van der Waals surface area contributed by atoms with Gasteiger partial charge in [-0.2, -0.15) is 4.31 Å². The molecule has 0 aliphatic carbocycles. The maximum Gasteiger partial charge on any atom is 0.243 e. The lowest BCUT2D eigenvalue weighted by atomic mass is 10.0. The molecule has 1 aromatic rings. The van der Waals surface area contributed by atoms with Crippen molar-refractivity contribution in [2.24, 2.45) is 0 Å². The van der Waals surface area contributed by atoms with E-state index >= 15 is 0 Å². The topological polar surface area (TPSA) is 118 Å². The van der Waals surface area contributed by atoms with Gasteiger partial charge in [0.1, 0.15) is 0 Å². The third-order valence-corrected chi connectivity index (χ3v) is 9.98. The van der Waals surface area contributed by atoms with E-state index in [0.29, 0.717) is 13.1 Å². The lowest BCUT2D eigenvalue weighted by Gasteiger charge is -2.23. The zero-order valence-corrected chi connectivity index (χ0v) is 17.4. The summed E-state index contributed by atoms with van der Waals surface area (Å²) in [5, 5.41) is 0. The van der Waals surface area contributed by atoms with Crippen LogP contribution in [-0.2, 0) is 29.9 Å². The Kier molecular flexibility index (Phi) is 5.89. The minimum absolute atomic E-state index is 0.00908. The van der Waals surface area contributed by atoms with Crippen molar-refractivity contribution in [1.82, 2.24) is 9.03 Å². The number of nitrogens with one attached hydrogen (secondary N) is 1. The van der Waals surface area contributed by atoms with Crippen molar-refractivity contribution < 1.29 is 25.3 Å². The maximum atomic E-state index is 12.5. The molecule has 26 heavy (non-hydrogen) atoms. The minimum atomic E-state index is -3.97. The van der Waals surface area contributed by atoms with Crippen LogP contribution in [0.15, 0.2) is 34.1 Å². The summed E-state index contributed by atoms with van der Waals surface area (Å²) in [6, 6.07) is 4.92. The smallest absolute Gasteiger partial charge is 0.229 e. The van der Waals surface area contributed by atoms with Crippen LogP contribution in [0.2, 0.25) is 0 Å². The van der Waals surface area contributed by atoms with Crippen LogP contribution in [0.25, 0.3) is 0 Å². The number of sulfonamides is 2. The molecular formula is C15H24N2O6S3. The zero-order chi connectivity index (χ0) is 19.8. The van der Waals surface area contributed by atoms with Gasteiger partial charge in [0.25, 0.3) is 0 Å². The molecule has 1 unspecified atom stereocenters. The molecule has 1 N–H and O–H groups in total. The van der Waals surface area contributed by atoms with E-state index in [-0.39, 0.29) is 27.7 Å². The van der Waals surface area contributed by atoms with Crippen molar-refractivity contribution in [3.63, 3.8) is 0 Å². The van der Waals surface area contributed by atoms with Gasteiger partial charge in [-0.1, -0.05) is 13.8 Å². The van der Waals surface area contributed by atoms with Crippen molar-refractivity contribution in [2.45, 2.75) is 42.5 Å². The van der Waals surface area contributed by atoms with Crippen molar-refractivity contribution in [3.8, 4) is 0 Å². The van der Waals surface area contributed by atoms with E-state index in [1.165, 1.54) is 28.6 Å². The van der Waals surface area contributed by atoms with Gasteiger partial charge in [-0.05, 0) is 37.6 Å². The Hall–Kier alpha value is -1.01. The fourth-order valence-corrected chi connectivity index (χ4v) is 8.06. The molecule has 8 nitrogen and oxygen atoms in total. The molecule has 0 radical (unpaired) electrons. The van der Waals surface area contributed by atoms with E-state index in [2.05, 4.69) is 4.72 Å². The van der Waals surface area contributed by atoms with Crippen molar-refractivity contribution >= 4 is 29.9 Å². The van der Waals surface area contributed by atoms with E-state index in [1.54, 1.807) is 20.8 Å². The van der Waals surface area contributed by atoms with Gasteiger partial charge in [0.2, 0.25) is 20.0 Å². The highest BCUT2D eigenvalue weighted by atomic mass is 32.2. The Morgan fingerprint density at radius 1 is 1.04 bits per heavy atom. The summed E-state index contributed by atoms with van der Waals surface area (Å²) in [5.41, 5.74) is -1.07. The predicted octanol–water partition coefficient (Wildman–Crippen LogP) is 0.573. The lowest BCUT2D eigenvalue weighted by Crippen LogP contribution is -2.46. The van der Waals surface area contributed by atoms with E-state index < -0.39 is 35.4 Å². The molecule has 1 aromatic carbocycles. The number of benzene rings is 1. The quantitative estimate of drug-likeness (QED) is 0.684. The normalized spacial score (nSPS) is 23.4. The number of rotatable bonds is 7. The first-order valence-corrected chi connectivity index (χ1v) is 12.9. The summed E-state index contributed by atoms with van der Waals surface area (Å²) in [6.07, 6.45) is 0.197. The Balaban J connectivity index is 2.27. The fourth-order valence-electron chi connectivity index (χ4n) is 2.98. The summed E-state index contributed by atoms with van der Waals surface area (Å²) in [7, 11) is -10.9. The van der Waals surface area contributed by atoms with Gasteiger partial charge < -0.3 is 0 Å². The summed E-state index contributed by atoms with van der Waals surface area (Å²) in [4.78, 5) is -0.101. The van der Waals surface area contributed by atoms with E-state index in [4.69, 9.17) is 0 Å². The van der Waals surface area contributed by atoms with Gasteiger partial charge in [-0.15, -0.1) is 0 Å². The van der Waals surface area contributed by atoms with Gasteiger partial charge in [-0.25, -0.2) is 30.0 Å². The highest BCUT2D eigenvalue weighted by Crippen LogP contribution is 2.26. The number of sulfone groups is 1. The molecule has 1 heterocycles. The molecule has 2 rings (SSSR count). The van der Waals surface area contributed by atoms with Crippen LogP contribution in [0.5, 0.6) is 0 Å². The first-order valence-electron chi connectivity index (χ1n) is 8.20. The molecule has 0 saturated carbocycles. The second-order valence-corrected chi connectivity index (χ2v) is 12.4. The molecule has 11 heteroatoms. The molecule has 1 fully saturated rings. The lowest BCUT2D eigenvalue weighted by molar-refractivity contribution is 0.445. The van der Waals surface area contributed by atoms with Crippen LogP contribution in [-0.4, -0.2) is 59.7 Å². The van der Waals surface area contributed by atoms with E-state index in [9.17, 15) is 25.3 Å². The standard InChI is InChI=1S/C15H24N2O6S3/c1-4-17(5-2)26(22,23)14-8-6-13(7-9-14)25(20,21)16-15(3)10-11-24(18,19)12-15/h6-9,16H,4-5,10-12H2,1-3H3. The average molecular weight is 425 g/mol. The highest BCUT2D eigenvalue weighted by Gasteiger charge is 2.41. The molecule has 0 aromatic heterocycles. The third kappa shape index (κ3) is 4.45. The van der Waals surface area contributed by atoms with E-state index in [0.717, 1.165) is 0 Å². The Labute approximate surface area is 155 Å². The van der Waals surface area contributed by atoms with Crippen LogP contribution in [0.1, 0.15) is 27.2 Å². The van der Waals surface area contributed by atoms with Crippen LogP contribution in [0.3, 0.4) is 0 Å².